The number of nitrogens with one attached hydrogen (secondary N) is 2. The van der Waals surface area contributed by atoms with Gasteiger partial charge in [-0.25, -0.2) is 0 Å². The molecule has 1 atom stereocenters. The number of nitrogens with zero attached hydrogens (tertiary/aromatic N) is 3. The Morgan fingerprint density at radius 3 is 2.41 bits per heavy atom. The smallest absolute Gasteiger partial charge is 0.274 e. The monoisotopic (exact) mass is 481 g/mol. The van der Waals surface area contributed by atoms with Crippen molar-refractivity contribution in [3.8, 4) is 11.5 Å². The lowest BCUT2D eigenvalue weighted by molar-refractivity contribution is -0.404. The number of aromatic nitrogens is 2. The first kappa shape index (κ1) is 25.6. The zero-order valence-electron chi connectivity index (χ0n) is 18.0. The Kier molecular flexibility index (Phi) is 11.5. The van der Waals surface area contributed by atoms with Crippen LogP contribution in [0, 0.1) is 10.1 Å². The van der Waals surface area contributed by atoms with Crippen molar-refractivity contribution in [2.45, 2.75) is 11.5 Å². The quantitative estimate of drug-likeness (QED) is 0.168. The first-order chi connectivity index (χ1) is 15.5. The number of hydrogen-bond donors (Lipinski definition) is 2. The van der Waals surface area contributed by atoms with Crippen molar-refractivity contribution in [3.63, 3.8) is 0 Å². The van der Waals surface area contributed by atoms with Crippen LogP contribution in [-0.4, -0.2) is 58.3 Å². The minimum atomic E-state index is -1.20. The van der Waals surface area contributed by atoms with Crippen LogP contribution in [0.3, 0.4) is 0 Å². The van der Waals surface area contributed by atoms with Gasteiger partial charge in [0.05, 0.1) is 31.4 Å². The summed E-state index contributed by atoms with van der Waals surface area (Å²) >= 11 is 0.435. The van der Waals surface area contributed by atoms with E-state index in [1.54, 1.807) is 43.4 Å². The molecule has 2 heterocycles. The number of thioether (sulfide) groups is 1. The van der Waals surface area contributed by atoms with E-state index in [0.717, 1.165) is 17.6 Å². The molecule has 0 radical (unpaired) electrons. The lowest BCUT2D eigenvalue weighted by Crippen LogP contribution is -2.32. The van der Waals surface area contributed by atoms with Gasteiger partial charge in [-0.05, 0) is 35.4 Å². The van der Waals surface area contributed by atoms with Gasteiger partial charge in [-0.3, -0.25) is 20.1 Å². The topological polar surface area (TPSA) is 134 Å². The Labute approximate surface area is 194 Å². The fourth-order valence-corrected chi connectivity index (χ4v) is 4.44. The van der Waals surface area contributed by atoms with Crippen LogP contribution >= 0.6 is 11.8 Å². The van der Waals surface area contributed by atoms with Crippen LogP contribution in [-0.2, 0) is 22.7 Å². The van der Waals surface area contributed by atoms with Gasteiger partial charge in [-0.2, -0.15) is 11.8 Å². The van der Waals surface area contributed by atoms with Crippen molar-refractivity contribution in [2.75, 3.05) is 38.8 Å². The van der Waals surface area contributed by atoms with Crippen LogP contribution < -0.4 is 20.1 Å². The van der Waals surface area contributed by atoms with Gasteiger partial charge in [0.15, 0.2) is 11.6 Å². The maximum Gasteiger partial charge on any atom is 0.274 e. The lowest BCUT2D eigenvalue weighted by Gasteiger charge is -2.15. The Morgan fingerprint density at radius 1 is 1.12 bits per heavy atom. The van der Waals surface area contributed by atoms with E-state index in [4.69, 9.17) is 9.47 Å². The molecule has 12 heteroatoms. The number of ether oxygens (including phenoxy) is 2. The van der Waals surface area contributed by atoms with Crippen LogP contribution in [0.4, 0.5) is 0 Å². The molecule has 0 saturated heterocycles. The number of hydrogen-bond acceptors (Lipinski definition) is 10. The average Bonchev–Trinajstić information content (AvgIpc) is 2.79. The van der Waals surface area contributed by atoms with Crippen LogP contribution in [0.1, 0.15) is 11.4 Å². The molecule has 32 heavy (non-hydrogen) atoms. The van der Waals surface area contributed by atoms with Gasteiger partial charge in [0, 0.05) is 30.4 Å². The third-order valence-corrected chi connectivity index (χ3v) is 6.34. The van der Waals surface area contributed by atoms with E-state index in [0.29, 0.717) is 41.8 Å². The summed E-state index contributed by atoms with van der Waals surface area (Å²) in [5.74, 6) is 3.54. The van der Waals surface area contributed by atoms with Gasteiger partial charge in [0.1, 0.15) is 22.9 Å². The fourth-order valence-electron chi connectivity index (χ4n) is 2.65. The molecule has 0 aliphatic carbocycles. The van der Waals surface area contributed by atoms with E-state index in [2.05, 4.69) is 20.6 Å². The molecule has 0 amide bonds. The standard InChI is InChI=1S/C20H27N5O5S2/c1-29-18-5-3-7-21-16(18)14-31-11-9-23-20(13-25(26)27)24-10-12-32(28)15-17-19(30-2)6-4-8-22-17/h3-8,13,23-24H,9-12,14-15H2,1-2H3. The molecule has 0 aromatic carbocycles. The van der Waals surface area contributed by atoms with Gasteiger partial charge in [0.2, 0.25) is 0 Å². The van der Waals surface area contributed by atoms with E-state index in [-0.39, 0.29) is 11.6 Å². The molecule has 2 rings (SSSR count). The molecular weight excluding hydrogens is 454 g/mol. The van der Waals surface area contributed by atoms with Crippen LogP contribution in [0.25, 0.3) is 0 Å². The van der Waals surface area contributed by atoms with Gasteiger partial charge in [0.25, 0.3) is 6.20 Å². The number of pyridine rings is 2. The molecule has 2 aromatic rings. The second-order valence-corrected chi connectivity index (χ2v) is 9.01. The van der Waals surface area contributed by atoms with E-state index in [1.807, 2.05) is 12.1 Å². The van der Waals surface area contributed by atoms with Crippen LogP contribution in [0.5, 0.6) is 11.5 Å². The van der Waals surface area contributed by atoms with Crippen molar-refractivity contribution < 1.29 is 18.9 Å². The summed E-state index contributed by atoms with van der Waals surface area (Å²) in [6.07, 6.45) is 4.21. The SMILES string of the molecule is COc1cccnc1CSCCNC(=C[N+](=O)[O-])NCC[S+]([O-])Cc1ncccc1OC. The van der Waals surface area contributed by atoms with E-state index < -0.39 is 16.1 Å². The molecule has 0 aliphatic rings. The summed E-state index contributed by atoms with van der Waals surface area (Å²) in [4.78, 5) is 18.9. The summed E-state index contributed by atoms with van der Waals surface area (Å²) in [6, 6.07) is 7.19. The predicted octanol–water partition coefficient (Wildman–Crippen LogP) is 1.93. The zero-order valence-corrected chi connectivity index (χ0v) is 19.6. The second kappa shape index (κ2) is 14.4. The van der Waals surface area contributed by atoms with Crippen molar-refractivity contribution in [1.29, 1.82) is 0 Å². The maximum absolute atomic E-state index is 12.4. The maximum atomic E-state index is 12.4. The first-order valence-corrected chi connectivity index (χ1v) is 12.4. The highest BCUT2D eigenvalue weighted by molar-refractivity contribution is 7.98. The highest BCUT2D eigenvalue weighted by atomic mass is 32.2. The van der Waals surface area contributed by atoms with Crippen molar-refractivity contribution in [1.82, 2.24) is 20.6 Å². The lowest BCUT2D eigenvalue weighted by atomic mass is 10.3. The molecule has 2 N–H and O–H groups in total. The minimum Gasteiger partial charge on any atom is -0.616 e. The van der Waals surface area contributed by atoms with Gasteiger partial charge in [-0.15, -0.1) is 0 Å². The van der Waals surface area contributed by atoms with E-state index in [9.17, 15) is 14.7 Å². The number of rotatable bonds is 15. The normalized spacial score (nSPS) is 12.2. The third kappa shape index (κ3) is 9.20. The van der Waals surface area contributed by atoms with Crippen molar-refractivity contribution in [3.05, 3.63) is 70.2 Å². The molecular formula is C20H27N5O5S2. The molecule has 0 saturated carbocycles. The molecule has 10 nitrogen and oxygen atoms in total. The summed E-state index contributed by atoms with van der Waals surface area (Å²) in [5, 5.41) is 16.9. The minimum absolute atomic E-state index is 0.251. The Balaban J connectivity index is 1.73. The summed E-state index contributed by atoms with van der Waals surface area (Å²) in [7, 11) is 3.14. The molecule has 174 valence electrons. The predicted molar refractivity (Wildman–Crippen MR) is 126 cm³/mol. The third-order valence-electron chi connectivity index (χ3n) is 4.11. The summed E-state index contributed by atoms with van der Waals surface area (Å²) in [5.41, 5.74) is 1.47. The fraction of sp³-hybridized carbons (Fsp3) is 0.400. The van der Waals surface area contributed by atoms with Gasteiger partial charge < -0.3 is 24.7 Å². The zero-order chi connectivity index (χ0) is 23.2. The van der Waals surface area contributed by atoms with E-state index in [1.165, 1.54) is 7.11 Å². The van der Waals surface area contributed by atoms with E-state index >= 15 is 0 Å². The van der Waals surface area contributed by atoms with Crippen molar-refractivity contribution >= 4 is 22.9 Å². The van der Waals surface area contributed by atoms with Crippen LogP contribution in [0.15, 0.2) is 48.7 Å². The molecule has 0 bridgehead atoms. The average molecular weight is 482 g/mol. The Hall–Kier alpha value is -2.70. The second-order valence-electron chi connectivity index (χ2n) is 6.33. The Morgan fingerprint density at radius 2 is 1.75 bits per heavy atom. The largest absolute Gasteiger partial charge is 0.616 e. The van der Waals surface area contributed by atoms with Gasteiger partial charge in [-0.1, -0.05) is 0 Å². The molecule has 0 fully saturated rings. The number of methoxy groups -OCH3 is 2. The molecule has 0 aliphatic heterocycles. The summed E-state index contributed by atoms with van der Waals surface area (Å²) < 4.78 is 22.8. The molecule has 1 unspecified atom stereocenters. The Bertz CT molecular complexity index is 887. The summed E-state index contributed by atoms with van der Waals surface area (Å²) in [6.45, 7) is 0.827. The highest BCUT2D eigenvalue weighted by Gasteiger charge is 2.13. The molecule has 0 spiro atoms. The highest BCUT2D eigenvalue weighted by Crippen LogP contribution is 2.20. The molecule has 2 aromatic heterocycles. The first-order valence-electron chi connectivity index (χ1n) is 9.75. The number of nitro groups is 1. The van der Waals surface area contributed by atoms with Gasteiger partial charge >= 0.3 is 0 Å². The van der Waals surface area contributed by atoms with Crippen molar-refractivity contribution in [2.24, 2.45) is 0 Å². The van der Waals surface area contributed by atoms with Crippen LogP contribution in [0.2, 0.25) is 0 Å².